The van der Waals surface area contributed by atoms with Crippen molar-refractivity contribution >= 4 is 0 Å². The maximum absolute atomic E-state index is 13.6. The van der Waals surface area contributed by atoms with Crippen LogP contribution in [0.15, 0.2) is 29.1 Å². The van der Waals surface area contributed by atoms with Crippen LogP contribution in [0.3, 0.4) is 0 Å². The van der Waals surface area contributed by atoms with Crippen molar-refractivity contribution in [3.8, 4) is 11.8 Å². The first-order valence-electron chi connectivity index (χ1n) is 6.53. The van der Waals surface area contributed by atoms with Gasteiger partial charge in [-0.2, -0.15) is 4.98 Å². The van der Waals surface area contributed by atoms with E-state index < -0.39 is 0 Å². The third-order valence-corrected chi connectivity index (χ3v) is 2.98. The predicted octanol–water partition coefficient (Wildman–Crippen LogP) is 1.36. The Bertz CT molecular complexity index is 784. The first-order valence-corrected chi connectivity index (χ1v) is 6.53. The van der Waals surface area contributed by atoms with E-state index >= 15 is 0 Å². The molecule has 0 fully saturated rings. The maximum Gasteiger partial charge on any atom is 0.348 e. The Morgan fingerprint density at radius 1 is 1.29 bits per heavy atom. The highest BCUT2D eigenvalue weighted by Crippen LogP contribution is 2.10. The number of aromatic nitrogens is 2. The number of nitrogens with two attached hydrogens (primary N) is 1. The summed E-state index contributed by atoms with van der Waals surface area (Å²) in [5.74, 6) is 5.09. The second-order valence-electron chi connectivity index (χ2n) is 4.76. The SMILES string of the molecule is Cc1cc(C)n(Cc2cc(F)cc(C#CCN)c2)c(=O)n1. The van der Waals surface area contributed by atoms with E-state index in [1.807, 2.05) is 13.0 Å². The number of aryl methyl sites for hydroxylation is 2. The summed E-state index contributed by atoms with van der Waals surface area (Å²) in [6.07, 6.45) is 0. The fraction of sp³-hybridized carbons (Fsp3) is 0.250. The molecule has 0 aliphatic rings. The number of hydrogen-bond acceptors (Lipinski definition) is 3. The standard InChI is InChI=1S/C16H16FN3O/c1-11-6-12(2)20(16(21)19-11)10-14-7-13(4-3-5-18)8-15(17)9-14/h6-9H,5,10,18H2,1-2H3. The predicted molar refractivity (Wildman–Crippen MR) is 79.4 cm³/mol. The lowest BCUT2D eigenvalue weighted by Crippen LogP contribution is -2.26. The lowest BCUT2D eigenvalue weighted by Gasteiger charge is -2.10. The minimum atomic E-state index is -0.389. The number of halogens is 1. The van der Waals surface area contributed by atoms with E-state index in [0.717, 1.165) is 5.69 Å². The molecule has 1 aromatic heterocycles. The van der Waals surface area contributed by atoms with Gasteiger partial charge in [0.2, 0.25) is 0 Å². The van der Waals surface area contributed by atoms with E-state index in [1.165, 1.54) is 16.7 Å². The summed E-state index contributed by atoms with van der Waals surface area (Å²) in [4.78, 5) is 15.8. The molecule has 0 aliphatic heterocycles. The molecule has 0 amide bonds. The zero-order chi connectivity index (χ0) is 15.4. The molecule has 0 unspecified atom stereocenters. The second kappa shape index (κ2) is 6.33. The quantitative estimate of drug-likeness (QED) is 0.847. The average Bonchev–Trinajstić information content (AvgIpc) is 2.40. The van der Waals surface area contributed by atoms with Crippen molar-refractivity contribution in [1.29, 1.82) is 0 Å². The van der Waals surface area contributed by atoms with Crippen LogP contribution in [-0.2, 0) is 6.54 Å². The molecule has 0 spiro atoms. The van der Waals surface area contributed by atoms with Gasteiger partial charge in [-0.1, -0.05) is 11.8 Å². The Labute approximate surface area is 122 Å². The van der Waals surface area contributed by atoms with Gasteiger partial charge in [-0.15, -0.1) is 0 Å². The van der Waals surface area contributed by atoms with E-state index in [-0.39, 0.29) is 24.6 Å². The van der Waals surface area contributed by atoms with E-state index in [0.29, 0.717) is 16.8 Å². The molecule has 2 rings (SSSR count). The molecule has 0 aliphatic carbocycles. The smallest absolute Gasteiger partial charge is 0.320 e. The van der Waals surface area contributed by atoms with Gasteiger partial charge in [0.15, 0.2) is 0 Å². The van der Waals surface area contributed by atoms with Gasteiger partial charge in [0.25, 0.3) is 0 Å². The van der Waals surface area contributed by atoms with Gasteiger partial charge in [0.1, 0.15) is 5.82 Å². The van der Waals surface area contributed by atoms with Crippen LogP contribution < -0.4 is 11.4 Å². The van der Waals surface area contributed by atoms with Crippen LogP contribution in [0, 0.1) is 31.5 Å². The molecule has 0 bridgehead atoms. The van der Waals surface area contributed by atoms with E-state index in [4.69, 9.17) is 5.73 Å². The summed E-state index contributed by atoms with van der Waals surface area (Å²) < 4.78 is 15.1. The zero-order valence-electron chi connectivity index (χ0n) is 12.0. The van der Waals surface area contributed by atoms with E-state index in [9.17, 15) is 9.18 Å². The van der Waals surface area contributed by atoms with Gasteiger partial charge in [-0.25, -0.2) is 9.18 Å². The third-order valence-electron chi connectivity index (χ3n) is 2.98. The molecule has 0 saturated heterocycles. The van der Waals surface area contributed by atoms with Crippen LogP contribution in [0.5, 0.6) is 0 Å². The highest BCUT2D eigenvalue weighted by atomic mass is 19.1. The number of benzene rings is 1. The van der Waals surface area contributed by atoms with Crippen molar-refractivity contribution in [2.24, 2.45) is 5.73 Å². The van der Waals surface area contributed by atoms with Gasteiger partial charge >= 0.3 is 5.69 Å². The Morgan fingerprint density at radius 2 is 2.05 bits per heavy atom. The van der Waals surface area contributed by atoms with Crippen molar-refractivity contribution in [3.63, 3.8) is 0 Å². The molecule has 4 nitrogen and oxygen atoms in total. The third kappa shape index (κ3) is 3.77. The summed E-state index contributed by atoms with van der Waals surface area (Å²) in [6, 6.07) is 6.29. The molecule has 0 radical (unpaired) electrons. The molecule has 1 aromatic carbocycles. The van der Waals surface area contributed by atoms with Crippen molar-refractivity contribution in [3.05, 3.63) is 63.1 Å². The Kier molecular flexibility index (Phi) is 4.51. The Hall–Kier alpha value is -2.45. The van der Waals surface area contributed by atoms with Crippen molar-refractivity contribution in [2.75, 3.05) is 6.54 Å². The van der Waals surface area contributed by atoms with Crippen LogP contribution in [0.2, 0.25) is 0 Å². The molecule has 0 saturated carbocycles. The maximum atomic E-state index is 13.6. The molecule has 108 valence electrons. The molecular formula is C16H16FN3O. The largest absolute Gasteiger partial charge is 0.348 e. The highest BCUT2D eigenvalue weighted by molar-refractivity contribution is 5.38. The lowest BCUT2D eigenvalue weighted by atomic mass is 10.1. The van der Waals surface area contributed by atoms with Crippen LogP contribution in [0.1, 0.15) is 22.5 Å². The van der Waals surface area contributed by atoms with E-state index in [2.05, 4.69) is 16.8 Å². The van der Waals surface area contributed by atoms with Crippen LogP contribution in [0.4, 0.5) is 4.39 Å². The van der Waals surface area contributed by atoms with Gasteiger partial charge < -0.3 is 5.73 Å². The first kappa shape index (κ1) is 14.9. The summed E-state index contributed by atoms with van der Waals surface area (Å²) in [5.41, 5.74) is 7.62. The van der Waals surface area contributed by atoms with Gasteiger partial charge in [-0.3, -0.25) is 4.57 Å². The summed E-state index contributed by atoms with van der Waals surface area (Å²) in [7, 11) is 0. The van der Waals surface area contributed by atoms with Crippen molar-refractivity contribution in [2.45, 2.75) is 20.4 Å². The van der Waals surface area contributed by atoms with Crippen LogP contribution in [-0.4, -0.2) is 16.1 Å². The summed E-state index contributed by atoms with van der Waals surface area (Å²) >= 11 is 0. The molecule has 0 atom stereocenters. The van der Waals surface area contributed by atoms with Crippen molar-refractivity contribution in [1.82, 2.24) is 9.55 Å². The monoisotopic (exact) mass is 285 g/mol. The fourth-order valence-electron chi connectivity index (χ4n) is 2.12. The molecule has 2 N–H and O–H groups in total. The average molecular weight is 285 g/mol. The minimum Gasteiger partial charge on any atom is -0.320 e. The second-order valence-corrected chi connectivity index (χ2v) is 4.76. The molecule has 1 heterocycles. The van der Waals surface area contributed by atoms with Gasteiger partial charge in [-0.05, 0) is 43.7 Å². The first-order chi connectivity index (χ1) is 9.99. The van der Waals surface area contributed by atoms with Gasteiger partial charge in [0, 0.05) is 17.0 Å². The van der Waals surface area contributed by atoms with E-state index in [1.54, 1.807) is 13.0 Å². The zero-order valence-corrected chi connectivity index (χ0v) is 12.0. The molecule has 21 heavy (non-hydrogen) atoms. The summed E-state index contributed by atoms with van der Waals surface area (Å²) in [5, 5.41) is 0. The molecule has 5 heteroatoms. The van der Waals surface area contributed by atoms with Crippen LogP contribution >= 0.6 is 0 Å². The molecular weight excluding hydrogens is 269 g/mol. The normalized spacial score (nSPS) is 10.1. The minimum absolute atomic E-state index is 0.215. The van der Waals surface area contributed by atoms with Gasteiger partial charge in [0.05, 0.1) is 13.1 Å². The fourth-order valence-corrected chi connectivity index (χ4v) is 2.12. The molecule has 2 aromatic rings. The van der Waals surface area contributed by atoms with Crippen LogP contribution in [0.25, 0.3) is 0 Å². The number of nitrogens with zero attached hydrogens (tertiary/aromatic N) is 2. The Morgan fingerprint density at radius 3 is 2.71 bits per heavy atom. The number of hydrogen-bond donors (Lipinski definition) is 1. The Balaban J connectivity index is 2.40. The lowest BCUT2D eigenvalue weighted by molar-refractivity contribution is 0.619. The number of rotatable bonds is 2. The summed E-state index contributed by atoms with van der Waals surface area (Å²) in [6.45, 7) is 4.06. The van der Waals surface area contributed by atoms with Crippen molar-refractivity contribution < 1.29 is 4.39 Å². The topological polar surface area (TPSA) is 60.9 Å². The highest BCUT2D eigenvalue weighted by Gasteiger charge is 2.06.